The Bertz CT molecular complexity index is 929. The van der Waals surface area contributed by atoms with Gasteiger partial charge in [-0.3, -0.25) is 15.6 Å². The van der Waals surface area contributed by atoms with Crippen LogP contribution < -0.4 is 21.9 Å². The summed E-state index contributed by atoms with van der Waals surface area (Å²) in [7, 11) is 0. The van der Waals surface area contributed by atoms with Gasteiger partial charge in [-0.2, -0.15) is 0 Å². The number of aryl methyl sites for hydroxylation is 1. The van der Waals surface area contributed by atoms with E-state index in [1.807, 2.05) is 37.3 Å². The second-order valence-electron chi connectivity index (χ2n) is 5.53. The fraction of sp³-hybridized carbons (Fsp3) is 0.0556. The van der Waals surface area contributed by atoms with Crippen molar-refractivity contribution in [1.29, 1.82) is 0 Å². The molecule has 0 atom stereocenters. The number of nitrogens with one attached hydrogen (secondary N) is 3. The number of nitrogens with two attached hydrogens (primary N) is 1. The maximum Gasteiger partial charge on any atom is 0.270 e. The van der Waals surface area contributed by atoms with Gasteiger partial charge in [-0.25, -0.2) is 9.97 Å². The lowest BCUT2D eigenvalue weighted by molar-refractivity contribution is 0.0962. The van der Waals surface area contributed by atoms with Gasteiger partial charge >= 0.3 is 0 Å². The van der Waals surface area contributed by atoms with Crippen molar-refractivity contribution in [2.24, 2.45) is 0 Å². The largest absolute Gasteiger partial charge is 0.393 e. The van der Waals surface area contributed by atoms with Crippen LogP contribution in [0.2, 0.25) is 0 Å². The van der Waals surface area contributed by atoms with Crippen LogP contribution in [0, 0.1) is 6.92 Å². The molecule has 0 saturated heterocycles. The number of nitrogen functional groups attached to an aromatic ring is 1. The predicted octanol–water partition coefficient (Wildman–Crippen LogP) is 3.63. The summed E-state index contributed by atoms with van der Waals surface area (Å²) >= 11 is 3.34. The molecule has 3 rings (SSSR count). The Morgan fingerprint density at radius 2 is 1.73 bits per heavy atom. The summed E-state index contributed by atoms with van der Waals surface area (Å²) in [4.78, 5) is 20.5. The highest BCUT2D eigenvalue weighted by molar-refractivity contribution is 9.10. The number of carbonyl (C=O) groups excluding carboxylic acids is 1. The van der Waals surface area contributed by atoms with Gasteiger partial charge in [0.05, 0.1) is 5.56 Å². The summed E-state index contributed by atoms with van der Waals surface area (Å²) in [6.07, 6.45) is 1.36. The number of carbonyl (C=O) groups is 1. The van der Waals surface area contributed by atoms with E-state index in [-0.39, 0.29) is 5.91 Å². The number of halogens is 1. The van der Waals surface area contributed by atoms with Gasteiger partial charge in [-0.15, -0.1) is 0 Å². The van der Waals surface area contributed by atoms with E-state index in [0.29, 0.717) is 27.4 Å². The van der Waals surface area contributed by atoms with E-state index in [1.165, 1.54) is 6.33 Å². The fourth-order valence-electron chi connectivity index (χ4n) is 2.20. The molecule has 2 aromatic carbocycles. The van der Waals surface area contributed by atoms with Crippen LogP contribution in [0.3, 0.4) is 0 Å². The number of rotatable bonds is 5. The third-order valence-electron chi connectivity index (χ3n) is 3.61. The van der Waals surface area contributed by atoms with Gasteiger partial charge in [0.2, 0.25) is 0 Å². The molecule has 132 valence electrons. The molecule has 0 fully saturated rings. The Labute approximate surface area is 159 Å². The second-order valence-corrected chi connectivity index (χ2v) is 6.39. The Morgan fingerprint density at radius 3 is 2.46 bits per heavy atom. The zero-order chi connectivity index (χ0) is 18.5. The van der Waals surface area contributed by atoms with Crippen molar-refractivity contribution < 1.29 is 4.79 Å². The van der Waals surface area contributed by atoms with Crippen LogP contribution in [0.4, 0.5) is 23.0 Å². The van der Waals surface area contributed by atoms with Gasteiger partial charge < -0.3 is 11.1 Å². The second kappa shape index (κ2) is 7.83. The monoisotopic (exact) mass is 412 g/mol. The van der Waals surface area contributed by atoms with Crippen molar-refractivity contribution >= 4 is 44.8 Å². The van der Waals surface area contributed by atoms with Gasteiger partial charge in [0.15, 0.2) is 11.6 Å². The minimum atomic E-state index is -0.316. The number of benzene rings is 2. The molecule has 5 N–H and O–H groups in total. The average molecular weight is 413 g/mol. The van der Waals surface area contributed by atoms with Gasteiger partial charge in [0, 0.05) is 10.2 Å². The van der Waals surface area contributed by atoms with Crippen LogP contribution in [-0.2, 0) is 0 Å². The molecule has 0 aliphatic heterocycles. The zero-order valence-corrected chi connectivity index (χ0v) is 15.5. The standard InChI is InChI=1S/C18H17BrN6O/c1-11-6-8-12(9-7-11)23-16-15(20)17(22-10-21-16)24-25-18(26)13-4-2-3-5-14(13)19/h2-10H,20H2,1H3,(H,25,26)(H2,21,22,23,24). The maximum atomic E-state index is 12.3. The number of anilines is 4. The minimum Gasteiger partial charge on any atom is -0.393 e. The summed E-state index contributed by atoms with van der Waals surface area (Å²) in [5.74, 6) is 0.431. The van der Waals surface area contributed by atoms with Crippen LogP contribution in [-0.4, -0.2) is 15.9 Å². The van der Waals surface area contributed by atoms with Gasteiger partial charge in [-0.05, 0) is 47.1 Å². The zero-order valence-electron chi connectivity index (χ0n) is 14.0. The summed E-state index contributed by atoms with van der Waals surface area (Å²) < 4.78 is 0.691. The molecule has 0 aliphatic rings. The first-order valence-electron chi connectivity index (χ1n) is 7.79. The molecule has 0 spiro atoms. The Kier molecular flexibility index (Phi) is 5.33. The van der Waals surface area contributed by atoms with E-state index in [4.69, 9.17) is 5.73 Å². The molecular formula is C18H17BrN6O. The Hall–Kier alpha value is -3.13. The van der Waals surface area contributed by atoms with Gasteiger partial charge in [0.1, 0.15) is 12.0 Å². The molecule has 3 aromatic rings. The van der Waals surface area contributed by atoms with Crippen LogP contribution in [0.25, 0.3) is 0 Å². The lowest BCUT2D eigenvalue weighted by Gasteiger charge is -2.13. The Balaban J connectivity index is 1.72. The lowest BCUT2D eigenvalue weighted by Crippen LogP contribution is -2.30. The normalized spacial score (nSPS) is 10.2. The molecule has 0 unspecified atom stereocenters. The average Bonchev–Trinajstić information content (AvgIpc) is 2.64. The quantitative estimate of drug-likeness (QED) is 0.476. The number of nitrogens with zero attached hydrogens (tertiary/aromatic N) is 2. The summed E-state index contributed by atoms with van der Waals surface area (Å²) in [5, 5.41) is 3.13. The van der Waals surface area contributed by atoms with Crippen molar-refractivity contribution in [3.05, 3.63) is 70.5 Å². The van der Waals surface area contributed by atoms with Crippen LogP contribution in [0.15, 0.2) is 59.3 Å². The number of aromatic nitrogens is 2. The Morgan fingerprint density at radius 1 is 1.04 bits per heavy atom. The van der Waals surface area contributed by atoms with E-state index >= 15 is 0 Å². The third kappa shape index (κ3) is 4.09. The molecule has 0 bridgehead atoms. The summed E-state index contributed by atoms with van der Waals surface area (Å²) in [5.41, 5.74) is 14.2. The van der Waals surface area contributed by atoms with Gasteiger partial charge in [0.25, 0.3) is 5.91 Å². The molecule has 7 nitrogen and oxygen atoms in total. The third-order valence-corrected chi connectivity index (χ3v) is 4.30. The first-order chi connectivity index (χ1) is 12.5. The highest BCUT2D eigenvalue weighted by Gasteiger charge is 2.12. The van der Waals surface area contributed by atoms with Crippen LogP contribution in [0.1, 0.15) is 15.9 Å². The molecule has 1 heterocycles. The highest BCUT2D eigenvalue weighted by Crippen LogP contribution is 2.25. The SMILES string of the molecule is Cc1ccc(Nc2ncnc(NNC(=O)c3ccccc3Br)c2N)cc1. The fourth-order valence-corrected chi connectivity index (χ4v) is 2.66. The summed E-state index contributed by atoms with van der Waals surface area (Å²) in [6.45, 7) is 2.01. The summed E-state index contributed by atoms with van der Waals surface area (Å²) in [6, 6.07) is 14.9. The van der Waals surface area contributed by atoms with Crippen molar-refractivity contribution in [3.63, 3.8) is 0 Å². The number of amides is 1. The van der Waals surface area contributed by atoms with Crippen molar-refractivity contribution in [1.82, 2.24) is 15.4 Å². The first kappa shape index (κ1) is 17.7. The predicted molar refractivity (Wildman–Crippen MR) is 106 cm³/mol. The van der Waals surface area contributed by atoms with Crippen LogP contribution >= 0.6 is 15.9 Å². The number of hydrazine groups is 1. The molecule has 0 saturated carbocycles. The van der Waals surface area contributed by atoms with Crippen LogP contribution in [0.5, 0.6) is 0 Å². The molecule has 0 radical (unpaired) electrons. The van der Waals surface area contributed by atoms with Crippen molar-refractivity contribution in [3.8, 4) is 0 Å². The molecular weight excluding hydrogens is 396 g/mol. The van der Waals surface area contributed by atoms with E-state index in [1.54, 1.807) is 18.2 Å². The van der Waals surface area contributed by atoms with E-state index in [0.717, 1.165) is 11.3 Å². The molecule has 0 aliphatic carbocycles. The van der Waals surface area contributed by atoms with Gasteiger partial charge in [-0.1, -0.05) is 29.8 Å². The van der Waals surface area contributed by atoms with Crippen molar-refractivity contribution in [2.75, 3.05) is 16.5 Å². The van der Waals surface area contributed by atoms with E-state index < -0.39 is 0 Å². The minimum absolute atomic E-state index is 0.292. The van der Waals surface area contributed by atoms with E-state index in [2.05, 4.69) is 42.1 Å². The molecule has 1 aromatic heterocycles. The highest BCUT2D eigenvalue weighted by atomic mass is 79.9. The van der Waals surface area contributed by atoms with E-state index in [9.17, 15) is 4.79 Å². The number of hydrogen-bond acceptors (Lipinski definition) is 6. The molecule has 26 heavy (non-hydrogen) atoms. The lowest BCUT2D eigenvalue weighted by atomic mass is 10.2. The smallest absolute Gasteiger partial charge is 0.270 e. The maximum absolute atomic E-state index is 12.3. The topological polar surface area (TPSA) is 105 Å². The first-order valence-corrected chi connectivity index (χ1v) is 8.59. The number of hydrogen-bond donors (Lipinski definition) is 4. The molecule has 1 amide bonds. The van der Waals surface area contributed by atoms with Crippen molar-refractivity contribution in [2.45, 2.75) is 6.92 Å². The molecule has 8 heteroatoms.